The zero-order valence-electron chi connectivity index (χ0n) is 31.7. The van der Waals surface area contributed by atoms with Gasteiger partial charge in [0.1, 0.15) is 34.5 Å². The minimum absolute atomic E-state index is 0. The third kappa shape index (κ3) is 34.8. The van der Waals surface area contributed by atoms with Gasteiger partial charge in [-0.2, -0.15) is 0 Å². The van der Waals surface area contributed by atoms with Crippen LogP contribution >= 0.6 is 17.2 Å². The molecule has 0 aliphatic heterocycles. The Morgan fingerprint density at radius 3 is 0.403 bits per heavy atom. The van der Waals surface area contributed by atoms with E-state index >= 15 is 0 Å². The van der Waals surface area contributed by atoms with Gasteiger partial charge in [0.15, 0.2) is 0 Å². The van der Waals surface area contributed by atoms with Crippen molar-refractivity contribution in [3.8, 4) is 34.5 Å². The first-order valence-corrected chi connectivity index (χ1v) is 17.6. The molecule has 6 rings (SSSR count). The van der Waals surface area contributed by atoms with Gasteiger partial charge in [-0.05, 0) is 72.8 Å². The van der Waals surface area contributed by atoms with Crippen LogP contribution in [0.1, 0.15) is 0 Å². The first-order valence-electron chi connectivity index (χ1n) is 15.4. The van der Waals surface area contributed by atoms with Crippen LogP contribution in [0.2, 0.25) is 0 Å². The standard InChI is InChI=1S/2C18H15O3P.8CO.2Mn/c2*1-4-10-16(11-5-1)19-22(20-17-12-6-2-7-13-17)21-18-14-8-3-9-15-18;8*1-2;;/h2*1-15H;;;;;;;;;;. The van der Waals surface area contributed by atoms with Crippen LogP contribution in [-0.4, -0.2) is 0 Å². The van der Waals surface area contributed by atoms with E-state index in [2.05, 4.69) is 53.2 Å². The smallest absolute Gasteiger partial charge is 0.409 e. The predicted octanol–water partition coefficient (Wildman–Crippen LogP) is 10.6. The van der Waals surface area contributed by atoms with E-state index in [0.717, 1.165) is 0 Å². The molecule has 62 heavy (non-hydrogen) atoms. The minimum Gasteiger partial charge on any atom is -0.409 e. The van der Waals surface area contributed by atoms with Crippen LogP contribution in [0, 0.1) is 53.2 Å². The van der Waals surface area contributed by atoms with Crippen molar-refractivity contribution in [1.29, 1.82) is 0 Å². The van der Waals surface area contributed by atoms with Crippen LogP contribution in [0.3, 0.4) is 0 Å². The molecule has 0 aromatic heterocycles. The Labute approximate surface area is 383 Å². The molecule has 0 heterocycles. The fourth-order valence-electron chi connectivity index (χ4n) is 3.52. The second-order valence-electron chi connectivity index (χ2n) is 8.87. The normalized spacial score (nSPS) is 7.52. The van der Waals surface area contributed by atoms with Crippen molar-refractivity contribution in [1.82, 2.24) is 0 Å². The molecule has 0 aliphatic rings. The zero-order valence-corrected chi connectivity index (χ0v) is 35.8. The Bertz CT molecular complexity index is 1610. The first-order chi connectivity index (χ1) is 29.8. The Kier molecular flexibility index (Phi) is 60.0. The monoisotopic (exact) mass is 954 g/mol. The number of rotatable bonds is 12. The van der Waals surface area contributed by atoms with Crippen LogP contribution < -0.4 is 27.1 Å². The van der Waals surface area contributed by atoms with E-state index in [-0.39, 0.29) is 34.1 Å². The first kappa shape index (κ1) is 67.7. The summed E-state index contributed by atoms with van der Waals surface area (Å²) in [7, 11) is -3.18. The van der Waals surface area contributed by atoms with Crippen LogP contribution in [0.5, 0.6) is 34.5 Å². The summed E-state index contributed by atoms with van der Waals surface area (Å²) in [5.74, 6) is 4.25. The number of hydrogen-bond donors (Lipinski definition) is 0. The summed E-state index contributed by atoms with van der Waals surface area (Å²) in [6, 6.07) is 57.0. The zero-order chi connectivity index (χ0) is 46.1. The average molecular weight is 955 g/mol. The van der Waals surface area contributed by atoms with Gasteiger partial charge < -0.3 is 27.1 Å². The van der Waals surface area contributed by atoms with Crippen molar-refractivity contribution in [2.45, 2.75) is 0 Å². The van der Waals surface area contributed by atoms with Crippen molar-refractivity contribution < 1.29 is 98.5 Å². The van der Waals surface area contributed by atoms with Crippen LogP contribution in [0.15, 0.2) is 182 Å². The van der Waals surface area contributed by atoms with Gasteiger partial charge in [-0.1, -0.05) is 109 Å². The Morgan fingerprint density at radius 2 is 0.306 bits per heavy atom. The third-order valence-corrected chi connectivity index (χ3v) is 7.70. The number of benzene rings is 6. The van der Waals surface area contributed by atoms with E-state index in [4.69, 9.17) is 64.4 Å². The minimum atomic E-state index is -1.59. The van der Waals surface area contributed by atoms with E-state index < -0.39 is 17.2 Å². The summed E-state index contributed by atoms with van der Waals surface area (Å²) in [4.78, 5) is 0. The van der Waals surface area contributed by atoms with Gasteiger partial charge in [0, 0.05) is 34.1 Å². The van der Waals surface area contributed by atoms with E-state index in [0.29, 0.717) is 34.5 Å². The third-order valence-electron chi connectivity index (χ3n) is 5.54. The van der Waals surface area contributed by atoms with E-state index in [1.54, 1.807) is 0 Å². The summed E-state index contributed by atoms with van der Waals surface area (Å²) < 4.78 is 95.1. The average Bonchev–Trinajstić information content (AvgIpc) is 3.36. The molecule has 0 saturated carbocycles. The van der Waals surface area contributed by atoms with Gasteiger partial charge in [-0.25, -0.2) is 0 Å². The van der Waals surface area contributed by atoms with Crippen molar-refractivity contribution in [2.75, 3.05) is 0 Å². The molecule has 0 atom stereocenters. The Morgan fingerprint density at radius 1 is 0.210 bits per heavy atom. The molecule has 6 aromatic rings. The summed E-state index contributed by atoms with van der Waals surface area (Å²) >= 11 is 0. The molecule has 0 aliphatic carbocycles. The maximum Gasteiger partial charge on any atom is 0.530 e. The summed E-state index contributed by atoms with van der Waals surface area (Å²) in [5, 5.41) is 0. The van der Waals surface area contributed by atoms with E-state index in [9.17, 15) is 0 Å². The molecular formula is C44H30Mn2O14P2. The van der Waals surface area contributed by atoms with Crippen LogP contribution in [-0.2, 0) is 71.4 Å². The summed E-state index contributed by atoms with van der Waals surface area (Å²) in [6.45, 7) is 36.0. The molecule has 2 radical (unpaired) electrons. The van der Waals surface area contributed by atoms with Crippen LogP contribution in [0.25, 0.3) is 0 Å². The van der Waals surface area contributed by atoms with Gasteiger partial charge in [0.2, 0.25) is 0 Å². The van der Waals surface area contributed by atoms with Crippen molar-refractivity contribution in [2.24, 2.45) is 0 Å². The molecule has 0 amide bonds. The van der Waals surface area contributed by atoms with Crippen molar-refractivity contribution in [3.63, 3.8) is 0 Å². The fraction of sp³-hybridized carbons (Fsp3) is 0. The summed E-state index contributed by atoms with van der Waals surface area (Å²) in [5.41, 5.74) is 0. The van der Waals surface area contributed by atoms with Gasteiger partial charge in [0.05, 0.1) is 0 Å². The van der Waals surface area contributed by atoms with Crippen molar-refractivity contribution in [3.05, 3.63) is 235 Å². The van der Waals surface area contributed by atoms with E-state index in [1.165, 1.54) is 0 Å². The van der Waals surface area contributed by atoms with E-state index in [1.807, 2.05) is 182 Å². The molecule has 0 N–H and O–H groups in total. The molecule has 14 nitrogen and oxygen atoms in total. The van der Waals surface area contributed by atoms with Crippen LogP contribution in [0.4, 0.5) is 0 Å². The molecule has 314 valence electrons. The molecule has 18 heteroatoms. The topological polar surface area (TPSA) is 215 Å². The molecule has 0 saturated heterocycles. The van der Waals surface area contributed by atoms with Crippen molar-refractivity contribution >= 4 is 17.2 Å². The predicted molar refractivity (Wildman–Crippen MR) is 208 cm³/mol. The maximum absolute atomic E-state index is 7.50. The summed E-state index contributed by atoms with van der Waals surface area (Å²) in [6.07, 6.45) is 0. The Hall–Kier alpha value is -6.06. The Balaban J connectivity index is -0.000000187. The second-order valence-corrected chi connectivity index (χ2v) is 10.9. The number of hydrogen-bond acceptors (Lipinski definition) is 6. The van der Waals surface area contributed by atoms with Gasteiger partial charge in [0.25, 0.3) is 0 Å². The molecular weight excluding hydrogens is 924 g/mol. The molecule has 0 bridgehead atoms. The van der Waals surface area contributed by atoms with Gasteiger partial charge in [-0.15, -0.1) is 0 Å². The van der Waals surface area contributed by atoms with Gasteiger partial charge in [-0.3, -0.25) is 0 Å². The SMILES string of the molecule is [C-]#[O+].[C-]#[O+].[C-]#[O+].[C-]#[O+].[C-]#[O+].[C-]#[O+].[C-]#[O+].[C-]#[O+].[Mn].[Mn].c1ccc(OP(Oc2ccccc2)Oc2ccccc2)cc1.c1ccc(OP(Oc2ccccc2)Oc2ccccc2)cc1. The quantitative estimate of drug-likeness (QED) is 0.0503. The second kappa shape index (κ2) is 54.9. The molecule has 0 spiro atoms. The van der Waals surface area contributed by atoms with Gasteiger partial charge >= 0.3 is 108 Å². The fourth-order valence-corrected chi connectivity index (χ4v) is 5.50. The molecule has 6 aromatic carbocycles. The molecule has 0 fully saturated rings. The number of para-hydroxylation sites is 6. The maximum atomic E-state index is 7.50. The largest absolute Gasteiger partial charge is 0.530 e. The molecule has 0 unspecified atom stereocenters.